The minimum absolute atomic E-state index is 0.0420. The van der Waals surface area contributed by atoms with Crippen molar-refractivity contribution in [3.05, 3.63) is 59.2 Å². The predicted molar refractivity (Wildman–Crippen MR) is 97.0 cm³/mol. The second-order valence-corrected chi connectivity index (χ2v) is 6.88. The second-order valence-electron chi connectivity index (χ2n) is 5.70. The van der Waals surface area contributed by atoms with E-state index in [-0.39, 0.29) is 11.3 Å². The Morgan fingerprint density at radius 3 is 2.54 bits per heavy atom. The summed E-state index contributed by atoms with van der Waals surface area (Å²) in [7, 11) is 3.27. The van der Waals surface area contributed by atoms with Crippen LogP contribution >= 0.6 is 11.8 Å². The summed E-state index contributed by atoms with van der Waals surface area (Å²) in [5.41, 5.74) is 2.87. The Hall–Kier alpha value is -2.14. The van der Waals surface area contributed by atoms with Crippen LogP contribution in [-0.4, -0.2) is 37.3 Å². The Kier molecular flexibility index (Phi) is 5.00. The molecule has 0 radical (unpaired) electrons. The van der Waals surface area contributed by atoms with Crippen molar-refractivity contribution in [1.29, 1.82) is 0 Å². The maximum Gasteiger partial charge on any atom is 0.255 e. The molecule has 0 aliphatic carbocycles. The van der Waals surface area contributed by atoms with Crippen LogP contribution in [0.15, 0.2) is 42.5 Å². The van der Waals surface area contributed by atoms with Crippen molar-refractivity contribution in [1.82, 2.24) is 4.90 Å². The molecule has 0 spiro atoms. The number of hydrogen-bond acceptors (Lipinski definition) is 4. The number of thioether (sulfide) groups is 1. The van der Waals surface area contributed by atoms with E-state index in [2.05, 4.69) is 0 Å². The van der Waals surface area contributed by atoms with E-state index in [0.29, 0.717) is 0 Å². The van der Waals surface area contributed by atoms with E-state index >= 15 is 0 Å². The molecule has 0 N–H and O–H groups in total. The van der Waals surface area contributed by atoms with E-state index in [0.717, 1.165) is 40.5 Å². The molecule has 1 amide bonds. The molecule has 0 aromatic heterocycles. The minimum atomic E-state index is -0.0420. The van der Waals surface area contributed by atoms with Crippen LogP contribution in [0.25, 0.3) is 0 Å². The maximum absolute atomic E-state index is 12.9. The number of benzene rings is 2. The van der Waals surface area contributed by atoms with E-state index in [4.69, 9.17) is 9.47 Å². The number of hydrogen-bond donors (Lipinski definition) is 0. The molecule has 1 atom stereocenters. The zero-order valence-electron chi connectivity index (χ0n) is 14.1. The normalized spacial score (nSPS) is 17.0. The Balaban J connectivity index is 1.90. The summed E-state index contributed by atoms with van der Waals surface area (Å²) in [6, 6.07) is 13.5. The van der Waals surface area contributed by atoms with Gasteiger partial charge in [-0.25, -0.2) is 0 Å². The van der Waals surface area contributed by atoms with Gasteiger partial charge in [-0.1, -0.05) is 17.7 Å². The fourth-order valence-corrected chi connectivity index (χ4v) is 4.10. The number of amides is 1. The third-order valence-corrected chi connectivity index (χ3v) is 5.40. The van der Waals surface area contributed by atoms with Crippen LogP contribution in [0, 0.1) is 6.92 Å². The van der Waals surface area contributed by atoms with Gasteiger partial charge in [0.2, 0.25) is 0 Å². The molecule has 0 saturated carbocycles. The first kappa shape index (κ1) is 16.7. The Morgan fingerprint density at radius 2 is 1.88 bits per heavy atom. The first-order valence-electron chi connectivity index (χ1n) is 7.85. The highest BCUT2D eigenvalue weighted by Crippen LogP contribution is 2.43. The summed E-state index contributed by atoms with van der Waals surface area (Å²) in [5, 5.41) is -0.0420. The van der Waals surface area contributed by atoms with Crippen molar-refractivity contribution >= 4 is 17.7 Å². The van der Waals surface area contributed by atoms with Crippen molar-refractivity contribution in [2.45, 2.75) is 12.3 Å². The van der Waals surface area contributed by atoms with Crippen LogP contribution in [-0.2, 0) is 0 Å². The van der Waals surface area contributed by atoms with Crippen LogP contribution in [0.2, 0.25) is 0 Å². The molecular weight excluding hydrogens is 322 g/mol. The molecule has 24 heavy (non-hydrogen) atoms. The lowest BCUT2D eigenvalue weighted by Crippen LogP contribution is -2.30. The first-order valence-corrected chi connectivity index (χ1v) is 8.90. The Bertz CT molecular complexity index is 730. The molecule has 1 heterocycles. The zero-order chi connectivity index (χ0) is 17.1. The van der Waals surface area contributed by atoms with Crippen molar-refractivity contribution in [3.8, 4) is 11.5 Å². The number of aryl methyl sites for hydroxylation is 1. The number of carbonyl (C=O) groups is 1. The van der Waals surface area contributed by atoms with Gasteiger partial charge in [0, 0.05) is 29.5 Å². The summed E-state index contributed by atoms with van der Waals surface area (Å²) >= 11 is 1.76. The quantitative estimate of drug-likeness (QED) is 0.844. The lowest BCUT2D eigenvalue weighted by molar-refractivity contribution is 0.0759. The Labute approximate surface area is 146 Å². The summed E-state index contributed by atoms with van der Waals surface area (Å²) in [5.74, 6) is 2.46. The molecule has 1 fully saturated rings. The van der Waals surface area contributed by atoms with Gasteiger partial charge in [-0.2, -0.15) is 0 Å². The summed E-state index contributed by atoms with van der Waals surface area (Å²) in [6.07, 6.45) is 0. The molecule has 126 valence electrons. The number of methoxy groups -OCH3 is 2. The zero-order valence-corrected chi connectivity index (χ0v) is 14.9. The highest BCUT2D eigenvalue weighted by molar-refractivity contribution is 7.99. The molecule has 1 aliphatic heterocycles. The molecule has 3 rings (SSSR count). The van der Waals surface area contributed by atoms with Crippen LogP contribution in [0.1, 0.15) is 26.9 Å². The van der Waals surface area contributed by atoms with Gasteiger partial charge in [0.05, 0.1) is 14.2 Å². The topological polar surface area (TPSA) is 38.8 Å². The largest absolute Gasteiger partial charge is 0.497 e. The summed E-state index contributed by atoms with van der Waals surface area (Å²) < 4.78 is 10.8. The van der Waals surface area contributed by atoms with Gasteiger partial charge in [0.1, 0.15) is 16.9 Å². The van der Waals surface area contributed by atoms with Gasteiger partial charge in [-0.05, 0) is 31.2 Å². The van der Waals surface area contributed by atoms with E-state index < -0.39 is 0 Å². The predicted octanol–water partition coefficient (Wildman–Crippen LogP) is 3.90. The highest BCUT2D eigenvalue weighted by Gasteiger charge is 2.33. The average molecular weight is 343 g/mol. The van der Waals surface area contributed by atoms with Crippen molar-refractivity contribution in [2.24, 2.45) is 0 Å². The van der Waals surface area contributed by atoms with E-state index in [1.165, 1.54) is 0 Å². The number of nitrogens with zero attached hydrogens (tertiary/aromatic N) is 1. The van der Waals surface area contributed by atoms with E-state index in [1.807, 2.05) is 54.3 Å². The fraction of sp³-hybridized carbons (Fsp3) is 0.316. The monoisotopic (exact) mass is 343 g/mol. The van der Waals surface area contributed by atoms with Gasteiger partial charge >= 0.3 is 0 Å². The number of ether oxygens (including phenoxy) is 2. The van der Waals surface area contributed by atoms with E-state index in [9.17, 15) is 4.79 Å². The van der Waals surface area contributed by atoms with Gasteiger partial charge in [0.25, 0.3) is 5.91 Å². The average Bonchev–Trinajstić information content (AvgIpc) is 3.10. The molecule has 2 aromatic rings. The third-order valence-electron chi connectivity index (χ3n) is 4.16. The van der Waals surface area contributed by atoms with Crippen molar-refractivity contribution in [2.75, 3.05) is 26.5 Å². The first-order chi connectivity index (χ1) is 11.6. The molecule has 2 aromatic carbocycles. The van der Waals surface area contributed by atoms with Gasteiger partial charge in [0.15, 0.2) is 0 Å². The SMILES string of the molecule is COc1ccc([C@@H]2SCCN2C(=O)c2ccc(C)cc2)c(OC)c1. The highest BCUT2D eigenvalue weighted by atomic mass is 32.2. The fourth-order valence-electron chi connectivity index (χ4n) is 2.82. The number of rotatable bonds is 4. The van der Waals surface area contributed by atoms with Crippen LogP contribution in [0.4, 0.5) is 0 Å². The molecule has 1 saturated heterocycles. The minimum Gasteiger partial charge on any atom is -0.497 e. The standard InChI is InChI=1S/C19H21NO3S/c1-13-4-6-14(7-5-13)18(21)20-10-11-24-19(20)16-9-8-15(22-2)12-17(16)23-3/h4-9,12,19H,10-11H2,1-3H3/t19-/m0/s1. The van der Waals surface area contributed by atoms with Gasteiger partial charge in [-0.3, -0.25) is 4.79 Å². The smallest absolute Gasteiger partial charge is 0.255 e. The molecule has 5 heteroatoms. The van der Waals surface area contributed by atoms with Gasteiger partial charge < -0.3 is 14.4 Å². The molecule has 1 aliphatic rings. The van der Waals surface area contributed by atoms with Crippen LogP contribution in [0.3, 0.4) is 0 Å². The molecule has 0 bridgehead atoms. The van der Waals surface area contributed by atoms with Crippen molar-refractivity contribution < 1.29 is 14.3 Å². The molecular formula is C19H21NO3S. The maximum atomic E-state index is 12.9. The van der Waals surface area contributed by atoms with Gasteiger partial charge in [-0.15, -0.1) is 11.8 Å². The van der Waals surface area contributed by atoms with Crippen LogP contribution in [0.5, 0.6) is 11.5 Å². The summed E-state index contributed by atoms with van der Waals surface area (Å²) in [4.78, 5) is 14.8. The second kappa shape index (κ2) is 7.18. The van der Waals surface area contributed by atoms with Crippen LogP contribution < -0.4 is 9.47 Å². The van der Waals surface area contributed by atoms with E-state index in [1.54, 1.807) is 26.0 Å². The lowest BCUT2D eigenvalue weighted by atomic mass is 10.1. The molecule has 4 nitrogen and oxygen atoms in total. The van der Waals surface area contributed by atoms with Crippen molar-refractivity contribution in [3.63, 3.8) is 0 Å². The third kappa shape index (κ3) is 3.22. The summed E-state index contributed by atoms with van der Waals surface area (Å²) in [6.45, 7) is 2.75. The Morgan fingerprint density at radius 1 is 1.12 bits per heavy atom. The number of carbonyl (C=O) groups excluding carboxylic acids is 1. The molecule has 0 unspecified atom stereocenters. The lowest BCUT2D eigenvalue weighted by Gasteiger charge is -2.25.